The van der Waals surface area contributed by atoms with Gasteiger partial charge in [-0.1, -0.05) is 17.7 Å². The molecule has 1 unspecified atom stereocenters. The van der Waals surface area contributed by atoms with Crippen LogP contribution in [0.2, 0.25) is 0 Å². The number of carbonyl (C=O) groups is 3. The predicted octanol–water partition coefficient (Wildman–Crippen LogP) is 2.81. The van der Waals surface area contributed by atoms with Gasteiger partial charge >= 0.3 is 5.97 Å². The molecule has 0 bridgehead atoms. The van der Waals surface area contributed by atoms with Gasteiger partial charge in [-0.3, -0.25) is 9.59 Å². The Bertz CT molecular complexity index is 1120. The highest BCUT2D eigenvalue weighted by Gasteiger charge is 2.35. The molecule has 3 aromatic rings. The molecule has 8 nitrogen and oxygen atoms in total. The SMILES string of the molecule is CCOC(=O)c1cnn2ccc(NC(=O)C3CC(=O)N(c4ccc(C)cc4)C3)cc12. The Morgan fingerprint density at radius 2 is 2.00 bits per heavy atom. The minimum Gasteiger partial charge on any atom is -0.462 e. The second kappa shape index (κ2) is 7.98. The van der Waals surface area contributed by atoms with E-state index < -0.39 is 11.9 Å². The number of hydrogen-bond acceptors (Lipinski definition) is 5. The Morgan fingerprint density at radius 1 is 1.23 bits per heavy atom. The van der Waals surface area contributed by atoms with Gasteiger partial charge in [0.2, 0.25) is 11.8 Å². The molecule has 0 aliphatic carbocycles. The van der Waals surface area contributed by atoms with Crippen molar-refractivity contribution in [3.05, 3.63) is 59.9 Å². The van der Waals surface area contributed by atoms with E-state index in [1.807, 2.05) is 31.2 Å². The number of anilines is 2. The second-order valence-corrected chi connectivity index (χ2v) is 7.25. The molecule has 1 N–H and O–H groups in total. The first kappa shape index (κ1) is 19.6. The second-order valence-electron chi connectivity index (χ2n) is 7.25. The number of pyridine rings is 1. The lowest BCUT2D eigenvalue weighted by Crippen LogP contribution is -2.28. The van der Waals surface area contributed by atoms with E-state index in [4.69, 9.17) is 4.74 Å². The summed E-state index contributed by atoms with van der Waals surface area (Å²) in [6.45, 7) is 4.31. The summed E-state index contributed by atoms with van der Waals surface area (Å²) in [5.41, 5.74) is 3.29. The Labute approximate surface area is 173 Å². The zero-order valence-electron chi connectivity index (χ0n) is 16.8. The summed E-state index contributed by atoms with van der Waals surface area (Å²) >= 11 is 0. The van der Waals surface area contributed by atoms with Crippen LogP contribution in [0, 0.1) is 12.8 Å². The van der Waals surface area contributed by atoms with E-state index in [2.05, 4.69) is 10.4 Å². The highest BCUT2D eigenvalue weighted by atomic mass is 16.5. The van der Waals surface area contributed by atoms with Crippen molar-refractivity contribution >= 4 is 34.7 Å². The van der Waals surface area contributed by atoms with Gasteiger partial charge in [-0.05, 0) is 38.1 Å². The van der Waals surface area contributed by atoms with Crippen LogP contribution in [0.4, 0.5) is 11.4 Å². The van der Waals surface area contributed by atoms with Crippen LogP contribution in [0.25, 0.3) is 5.52 Å². The smallest absolute Gasteiger partial charge is 0.341 e. The fraction of sp³-hybridized carbons (Fsp3) is 0.273. The molecule has 3 heterocycles. The number of esters is 1. The lowest BCUT2D eigenvalue weighted by molar-refractivity contribution is -0.122. The van der Waals surface area contributed by atoms with E-state index in [0.29, 0.717) is 23.3 Å². The molecular weight excluding hydrogens is 384 g/mol. The van der Waals surface area contributed by atoms with Crippen molar-refractivity contribution in [3.63, 3.8) is 0 Å². The molecule has 4 rings (SSSR count). The van der Waals surface area contributed by atoms with Gasteiger partial charge in [0.05, 0.1) is 24.2 Å². The molecular formula is C22H22N4O4. The van der Waals surface area contributed by atoms with Gasteiger partial charge in [0.1, 0.15) is 5.56 Å². The number of aryl methyl sites for hydroxylation is 1. The number of amides is 2. The Kier molecular flexibility index (Phi) is 5.22. The zero-order chi connectivity index (χ0) is 21.3. The van der Waals surface area contributed by atoms with Crippen molar-refractivity contribution in [1.82, 2.24) is 9.61 Å². The number of benzene rings is 1. The number of carbonyl (C=O) groups excluding carboxylic acids is 3. The Hall–Kier alpha value is -3.68. The monoisotopic (exact) mass is 406 g/mol. The van der Waals surface area contributed by atoms with E-state index in [1.165, 1.54) is 6.20 Å². The number of rotatable bonds is 5. The summed E-state index contributed by atoms with van der Waals surface area (Å²) in [5.74, 6) is -1.23. The average molecular weight is 406 g/mol. The average Bonchev–Trinajstić information content (AvgIpc) is 3.32. The third-order valence-electron chi connectivity index (χ3n) is 5.13. The summed E-state index contributed by atoms with van der Waals surface area (Å²) < 4.78 is 6.59. The highest BCUT2D eigenvalue weighted by molar-refractivity contribution is 6.04. The summed E-state index contributed by atoms with van der Waals surface area (Å²) in [4.78, 5) is 38.9. The van der Waals surface area contributed by atoms with Gasteiger partial charge in [0, 0.05) is 30.5 Å². The van der Waals surface area contributed by atoms with Gasteiger partial charge < -0.3 is 15.0 Å². The summed E-state index contributed by atoms with van der Waals surface area (Å²) in [5, 5.41) is 6.99. The molecule has 1 saturated heterocycles. The lowest BCUT2D eigenvalue weighted by Gasteiger charge is -2.17. The van der Waals surface area contributed by atoms with Crippen molar-refractivity contribution in [1.29, 1.82) is 0 Å². The van der Waals surface area contributed by atoms with Crippen LogP contribution in [0.3, 0.4) is 0 Å². The molecule has 1 fully saturated rings. The lowest BCUT2D eigenvalue weighted by atomic mass is 10.1. The van der Waals surface area contributed by atoms with Crippen LogP contribution in [0.5, 0.6) is 0 Å². The van der Waals surface area contributed by atoms with Crippen LogP contribution in [-0.2, 0) is 14.3 Å². The van der Waals surface area contributed by atoms with Crippen LogP contribution in [0.15, 0.2) is 48.8 Å². The first-order valence-corrected chi connectivity index (χ1v) is 9.78. The molecule has 1 atom stereocenters. The van der Waals surface area contributed by atoms with Gasteiger partial charge in [-0.15, -0.1) is 0 Å². The largest absolute Gasteiger partial charge is 0.462 e. The normalized spacial score (nSPS) is 16.1. The molecule has 8 heteroatoms. The van der Waals surface area contributed by atoms with Crippen molar-refractivity contribution in [2.24, 2.45) is 5.92 Å². The first-order valence-electron chi connectivity index (χ1n) is 9.78. The Balaban J connectivity index is 1.49. The minimum absolute atomic E-state index is 0.0742. The van der Waals surface area contributed by atoms with E-state index >= 15 is 0 Å². The topological polar surface area (TPSA) is 93.0 Å². The van der Waals surface area contributed by atoms with Crippen LogP contribution in [0.1, 0.15) is 29.3 Å². The third-order valence-corrected chi connectivity index (χ3v) is 5.13. The van der Waals surface area contributed by atoms with Gasteiger partial charge in [-0.25, -0.2) is 9.31 Å². The molecule has 2 amide bonds. The van der Waals surface area contributed by atoms with Crippen molar-refractivity contribution in [3.8, 4) is 0 Å². The van der Waals surface area contributed by atoms with E-state index in [9.17, 15) is 14.4 Å². The quantitative estimate of drug-likeness (QED) is 0.658. The summed E-state index contributed by atoms with van der Waals surface area (Å²) in [6.07, 6.45) is 3.25. The van der Waals surface area contributed by atoms with Gasteiger partial charge in [0.15, 0.2) is 0 Å². The molecule has 0 saturated carbocycles. The highest BCUT2D eigenvalue weighted by Crippen LogP contribution is 2.26. The number of fused-ring (bicyclic) bond motifs is 1. The zero-order valence-corrected chi connectivity index (χ0v) is 16.8. The van der Waals surface area contributed by atoms with Crippen LogP contribution < -0.4 is 10.2 Å². The van der Waals surface area contributed by atoms with Gasteiger partial charge in [-0.2, -0.15) is 5.10 Å². The summed E-state index contributed by atoms with van der Waals surface area (Å²) in [6, 6.07) is 11.0. The number of ether oxygens (including phenoxy) is 1. The molecule has 1 aliphatic heterocycles. The van der Waals surface area contributed by atoms with Crippen LogP contribution in [-0.4, -0.2) is 40.5 Å². The fourth-order valence-corrected chi connectivity index (χ4v) is 3.53. The maximum Gasteiger partial charge on any atom is 0.341 e. The van der Waals surface area contributed by atoms with E-state index in [1.54, 1.807) is 34.7 Å². The van der Waals surface area contributed by atoms with Crippen molar-refractivity contribution in [2.75, 3.05) is 23.4 Å². The maximum atomic E-state index is 12.8. The fourth-order valence-electron chi connectivity index (χ4n) is 3.53. The molecule has 154 valence electrons. The molecule has 1 aliphatic rings. The molecule has 2 aromatic heterocycles. The Morgan fingerprint density at radius 3 is 2.73 bits per heavy atom. The number of hydrogen-bond donors (Lipinski definition) is 1. The third kappa shape index (κ3) is 3.76. The van der Waals surface area contributed by atoms with E-state index in [-0.39, 0.29) is 24.8 Å². The summed E-state index contributed by atoms with van der Waals surface area (Å²) in [7, 11) is 0. The van der Waals surface area contributed by atoms with Gasteiger partial charge in [0.25, 0.3) is 0 Å². The maximum absolute atomic E-state index is 12.8. The molecule has 30 heavy (non-hydrogen) atoms. The molecule has 1 aromatic carbocycles. The predicted molar refractivity (Wildman–Crippen MR) is 111 cm³/mol. The minimum atomic E-state index is -0.467. The van der Waals surface area contributed by atoms with Crippen molar-refractivity contribution in [2.45, 2.75) is 20.3 Å². The molecule has 0 spiro atoms. The number of nitrogens with one attached hydrogen (secondary N) is 1. The van der Waals surface area contributed by atoms with Crippen LogP contribution >= 0.6 is 0 Å². The molecule has 0 radical (unpaired) electrons. The van der Waals surface area contributed by atoms with Crippen molar-refractivity contribution < 1.29 is 19.1 Å². The van der Waals surface area contributed by atoms with E-state index in [0.717, 1.165) is 11.3 Å². The number of aromatic nitrogens is 2. The number of nitrogens with zero attached hydrogens (tertiary/aromatic N) is 3. The first-order chi connectivity index (χ1) is 14.5. The standard InChI is InChI=1S/C22H22N4O4/c1-3-30-22(29)18-12-23-26-9-8-16(11-19(18)26)24-21(28)15-10-20(27)25(13-15)17-6-4-14(2)5-7-17/h4-9,11-12,15H,3,10,13H2,1-2H3,(H,24,28).